The van der Waals surface area contributed by atoms with Crippen molar-refractivity contribution < 1.29 is 4.74 Å². The molecule has 0 bridgehead atoms. The summed E-state index contributed by atoms with van der Waals surface area (Å²) in [4.78, 5) is 2.62. The largest absolute Gasteiger partial charge is 0.492 e. The van der Waals surface area contributed by atoms with Gasteiger partial charge in [-0.3, -0.25) is 4.90 Å². The van der Waals surface area contributed by atoms with E-state index in [1.165, 1.54) is 44.2 Å². The number of piperidine rings is 1. The topological polar surface area (TPSA) is 38.5 Å². The molecule has 1 aliphatic rings. The summed E-state index contributed by atoms with van der Waals surface area (Å²) in [6.45, 7) is 6.06. The molecular formula is C18H30N2O. The summed E-state index contributed by atoms with van der Waals surface area (Å²) in [6, 6.07) is 9.13. The molecule has 1 aromatic rings. The van der Waals surface area contributed by atoms with E-state index in [4.69, 9.17) is 10.5 Å². The van der Waals surface area contributed by atoms with Crippen LogP contribution in [0.4, 0.5) is 0 Å². The number of nitrogens with zero attached hydrogens (tertiary/aromatic N) is 1. The summed E-state index contributed by atoms with van der Waals surface area (Å²) in [5, 5.41) is 0. The van der Waals surface area contributed by atoms with Crippen LogP contribution in [0.1, 0.15) is 44.6 Å². The number of hydrogen-bond donors (Lipinski definition) is 1. The average molecular weight is 290 g/mol. The minimum Gasteiger partial charge on any atom is -0.492 e. The van der Waals surface area contributed by atoms with Crippen molar-refractivity contribution in [3.8, 4) is 5.75 Å². The number of likely N-dealkylation sites (tertiary alicyclic amines) is 1. The molecule has 2 rings (SSSR count). The molecular weight excluding hydrogens is 260 g/mol. The standard InChI is InChI=1S/C18H30N2O/c1-2-5-17-6-3-4-13-20(17)14-15-21-18-9-7-16(8-10-18)11-12-19/h7-10,17H,2-6,11-15,19H2,1H3. The summed E-state index contributed by atoms with van der Waals surface area (Å²) < 4.78 is 5.90. The van der Waals surface area contributed by atoms with Gasteiger partial charge in [-0.1, -0.05) is 31.9 Å². The van der Waals surface area contributed by atoms with Gasteiger partial charge in [-0.25, -0.2) is 0 Å². The van der Waals surface area contributed by atoms with Crippen LogP contribution < -0.4 is 10.5 Å². The molecule has 1 unspecified atom stereocenters. The molecule has 118 valence electrons. The number of hydrogen-bond acceptors (Lipinski definition) is 3. The van der Waals surface area contributed by atoms with E-state index >= 15 is 0 Å². The fourth-order valence-corrected chi connectivity index (χ4v) is 3.21. The van der Waals surface area contributed by atoms with Crippen molar-refractivity contribution in [2.45, 2.75) is 51.5 Å². The van der Waals surface area contributed by atoms with Crippen molar-refractivity contribution in [3.05, 3.63) is 29.8 Å². The first-order valence-corrected chi connectivity index (χ1v) is 8.49. The summed E-state index contributed by atoms with van der Waals surface area (Å²) in [5.74, 6) is 0.972. The van der Waals surface area contributed by atoms with Crippen molar-refractivity contribution in [2.75, 3.05) is 26.2 Å². The maximum absolute atomic E-state index is 5.90. The molecule has 0 aromatic heterocycles. The number of rotatable bonds is 8. The van der Waals surface area contributed by atoms with Crippen LogP contribution in [-0.4, -0.2) is 37.2 Å². The Balaban J connectivity index is 1.74. The molecule has 3 heteroatoms. The number of ether oxygens (including phenoxy) is 1. The van der Waals surface area contributed by atoms with E-state index in [-0.39, 0.29) is 0 Å². The average Bonchev–Trinajstić information content (AvgIpc) is 2.51. The Kier molecular flexibility index (Phi) is 7.04. The van der Waals surface area contributed by atoms with Crippen molar-refractivity contribution >= 4 is 0 Å². The minimum absolute atomic E-state index is 0.702. The Hall–Kier alpha value is -1.06. The van der Waals surface area contributed by atoms with Crippen molar-refractivity contribution in [3.63, 3.8) is 0 Å². The first-order chi connectivity index (χ1) is 10.3. The lowest BCUT2D eigenvalue weighted by molar-refractivity contribution is 0.116. The fourth-order valence-electron chi connectivity index (χ4n) is 3.21. The molecule has 3 nitrogen and oxygen atoms in total. The monoisotopic (exact) mass is 290 g/mol. The van der Waals surface area contributed by atoms with Gasteiger partial charge in [0, 0.05) is 12.6 Å². The summed E-state index contributed by atoms with van der Waals surface area (Å²) >= 11 is 0. The smallest absolute Gasteiger partial charge is 0.119 e. The molecule has 0 amide bonds. The van der Waals surface area contributed by atoms with E-state index in [0.717, 1.165) is 31.4 Å². The van der Waals surface area contributed by atoms with Gasteiger partial charge in [0.1, 0.15) is 12.4 Å². The lowest BCUT2D eigenvalue weighted by atomic mass is 9.98. The SMILES string of the molecule is CCCC1CCCCN1CCOc1ccc(CCN)cc1. The van der Waals surface area contributed by atoms with E-state index in [2.05, 4.69) is 36.1 Å². The molecule has 1 fully saturated rings. The highest BCUT2D eigenvalue weighted by molar-refractivity contribution is 5.27. The maximum atomic E-state index is 5.90. The summed E-state index contributed by atoms with van der Waals surface area (Å²) in [7, 11) is 0. The Bertz CT molecular complexity index is 389. The van der Waals surface area contributed by atoms with Crippen LogP contribution in [-0.2, 0) is 6.42 Å². The summed E-state index contributed by atoms with van der Waals surface area (Å²) in [5.41, 5.74) is 6.84. The highest BCUT2D eigenvalue weighted by atomic mass is 16.5. The lowest BCUT2D eigenvalue weighted by Crippen LogP contribution is -2.41. The lowest BCUT2D eigenvalue weighted by Gasteiger charge is -2.35. The van der Waals surface area contributed by atoms with Gasteiger partial charge in [0.2, 0.25) is 0 Å². The van der Waals surface area contributed by atoms with E-state index in [1.807, 2.05) is 0 Å². The highest BCUT2D eigenvalue weighted by Gasteiger charge is 2.20. The zero-order valence-electron chi connectivity index (χ0n) is 13.4. The molecule has 0 aliphatic carbocycles. The van der Waals surface area contributed by atoms with E-state index in [0.29, 0.717) is 6.54 Å². The second-order valence-corrected chi connectivity index (χ2v) is 6.01. The number of nitrogens with two attached hydrogens (primary N) is 1. The second-order valence-electron chi connectivity index (χ2n) is 6.01. The van der Waals surface area contributed by atoms with Crippen LogP contribution in [0.25, 0.3) is 0 Å². The van der Waals surface area contributed by atoms with E-state index < -0.39 is 0 Å². The summed E-state index contributed by atoms with van der Waals surface area (Å²) in [6.07, 6.45) is 7.64. The van der Waals surface area contributed by atoms with Gasteiger partial charge in [-0.05, 0) is 56.5 Å². The third-order valence-corrected chi connectivity index (χ3v) is 4.37. The number of benzene rings is 1. The Labute approximate surface area is 129 Å². The molecule has 0 spiro atoms. The normalized spacial score (nSPS) is 19.6. The molecule has 1 aliphatic heterocycles. The van der Waals surface area contributed by atoms with Gasteiger partial charge >= 0.3 is 0 Å². The zero-order chi connectivity index (χ0) is 14.9. The second kappa shape index (κ2) is 9.06. The first-order valence-electron chi connectivity index (χ1n) is 8.49. The van der Waals surface area contributed by atoms with Crippen LogP contribution in [0, 0.1) is 0 Å². The van der Waals surface area contributed by atoms with Gasteiger partial charge in [-0.15, -0.1) is 0 Å². The molecule has 21 heavy (non-hydrogen) atoms. The first kappa shape index (κ1) is 16.3. The van der Waals surface area contributed by atoms with Crippen molar-refractivity contribution in [1.82, 2.24) is 4.90 Å². The molecule has 1 saturated heterocycles. The fraction of sp³-hybridized carbons (Fsp3) is 0.667. The predicted octanol–water partition coefficient (Wildman–Crippen LogP) is 3.22. The van der Waals surface area contributed by atoms with Crippen LogP contribution in [0.3, 0.4) is 0 Å². The molecule has 2 N–H and O–H groups in total. The van der Waals surface area contributed by atoms with Crippen molar-refractivity contribution in [2.24, 2.45) is 5.73 Å². The third kappa shape index (κ3) is 5.33. The predicted molar refractivity (Wildman–Crippen MR) is 88.8 cm³/mol. The van der Waals surface area contributed by atoms with Crippen molar-refractivity contribution in [1.29, 1.82) is 0 Å². The maximum Gasteiger partial charge on any atom is 0.119 e. The van der Waals surface area contributed by atoms with Crippen LogP contribution >= 0.6 is 0 Å². The van der Waals surface area contributed by atoms with Crippen LogP contribution in [0.5, 0.6) is 5.75 Å². The van der Waals surface area contributed by atoms with E-state index in [9.17, 15) is 0 Å². The molecule has 1 aromatic carbocycles. The Morgan fingerprint density at radius 1 is 1.24 bits per heavy atom. The van der Waals surface area contributed by atoms with Gasteiger partial charge in [0.25, 0.3) is 0 Å². The van der Waals surface area contributed by atoms with Gasteiger partial charge in [0.05, 0.1) is 0 Å². The molecule has 0 radical (unpaired) electrons. The Morgan fingerprint density at radius 2 is 2.05 bits per heavy atom. The van der Waals surface area contributed by atoms with Gasteiger partial charge in [-0.2, -0.15) is 0 Å². The molecule has 1 heterocycles. The zero-order valence-corrected chi connectivity index (χ0v) is 13.4. The quantitative estimate of drug-likeness (QED) is 0.799. The van der Waals surface area contributed by atoms with Gasteiger partial charge in [0.15, 0.2) is 0 Å². The van der Waals surface area contributed by atoms with Crippen LogP contribution in [0.2, 0.25) is 0 Å². The molecule has 1 atom stereocenters. The van der Waals surface area contributed by atoms with Gasteiger partial charge < -0.3 is 10.5 Å². The van der Waals surface area contributed by atoms with Crippen LogP contribution in [0.15, 0.2) is 24.3 Å². The van der Waals surface area contributed by atoms with E-state index in [1.54, 1.807) is 0 Å². The highest BCUT2D eigenvalue weighted by Crippen LogP contribution is 2.20. The molecule has 0 saturated carbocycles. The third-order valence-electron chi connectivity index (χ3n) is 4.37. The Morgan fingerprint density at radius 3 is 2.76 bits per heavy atom. The minimum atomic E-state index is 0.702.